The van der Waals surface area contributed by atoms with Gasteiger partial charge in [0.25, 0.3) is 0 Å². The molecule has 0 spiro atoms. The number of ether oxygens (including phenoxy) is 3. The van der Waals surface area contributed by atoms with E-state index < -0.39 is 11.9 Å². The Kier molecular flexibility index (Phi) is 9.72. The third-order valence-electron chi connectivity index (χ3n) is 2.47. The summed E-state index contributed by atoms with van der Waals surface area (Å²) in [6.07, 6.45) is 3.67. The number of nitrogens with one attached hydrogen (secondary N) is 1. The van der Waals surface area contributed by atoms with Gasteiger partial charge in [0, 0.05) is 13.0 Å². The standard InChI is InChI=1S/C13H21NO6/c1-18-11(15)7-5-4-6-8-14-10(13(17)20-3)9-12(16)19-2/h9,14H,4-8H2,1-3H3/b10-9-. The van der Waals surface area contributed by atoms with Crippen molar-refractivity contribution < 1.29 is 28.6 Å². The normalized spacial score (nSPS) is 10.7. The Morgan fingerprint density at radius 2 is 1.65 bits per heavy atom. The lowest BCUT2D eigenvalue weighted by Gasteiger charge is -2.08. The zero-order valence-electron chi connectivity index (χ0n) is 12.1. The second-order valence-electron chi connectivity index (χ2n) is 3.89. The summed E-state index contributed by atoms with van der Waals surface area (Å²) in [4.78, 5) is 33.4. The zero-order valence-corrected chi connectivity index (χ0v) is 12.1. The quantitative estimate of drug-likeness (QED) is 0.286. The van der Waals surface area contributed by atoms with E-state index in [1.807, 2.05) is 0 Å². The minimum absolute atomic E-state index is 0.0484. The van der Waals surface area contributed by atoms with Gasteiger partial charge in [0.15, 0.2) is 0 Å². The van der Waals surface area contributed by atoms with Crippen molar-refractivity contribution in [2.75, 3.05) is 27.9 Å². The van der Waals surface area contributed by atoms with E-state index in [2.05, 4.69) is 19.5 Å². The summed E-state index contributed by atoms with van der Waals surface area (Å²) in [7, 11) is 3.80. The lowest BCUT2D eigenvalue weighted by Crippen LogP contribution is -2.24. The van der Waals surface area contributed by atoms with Gasteiger partial charge in [0.1, 0.15) is 5.70 Å². The van der Waals surface area contributed by atoms with E-state index in [0.717, 1.165) is 18.9 Å². The van der Waals surface area contributed by atoms with Crippen LogP contribution < -0.4 is 5.32 Å². The van der Waals surface area contributed by atoms with Crippen LogP contribution in [-0.4, -0.2) is 45.8 Å². The van der Waals surface area contributed by atoms with Crippen LogP contribution in [0.3, 0.4) is 0 Å². The number of methoxy groups -OCH3 is 3. The molecule has 0 aliphatic rings. The van der Waals surface area contributed by atoms with E-state index in [0.29, 0.717) is 19.4 Å². The Morgan fingerprint density at radius 1 is 0.950 bits per heavy atom. The van der Waals surface area contributed by atoms with Gasteiger partial charge in [0.2, 0.25) is 0 Å². The maximum absolute atomic E-state index is 11.4. The smallest absolute Gasteiger partial charge is 0.354 e. The molecule has 0 saturated heterocycles. The van der Waals surface area contributed by atoms with Crippen LogP contribution in [0, 0.1) is 0 Å². The third-order valence-corrected chi connectivity index (χ3v) is 2.47. The fourth-order valence-corrected chi connectivity index (χ4v) is 1.37. The molecule has 20 heavy (non-hydrogen) atoms. The summed E-state index contributed by atoms with van der Waals surface area (Å²) in [5, 5.41) is 2.81. The Labute approximate surface area is 118 Å². The average molecular weight is 287 g/mol. The average Bonchev–Trinajstić information content (AvgIpc) is 2.47. The maximum Gasteiger partial charge on any atom is 0.354 e. The van der Waals surface area contributed by atoms with Crippen molar-refractivity contribution >= 4 is 17.9 Å². The summed E-state index contributed by atoms with van der Waals surface area (Å²) in [5.74, 6) is -1.51. The minimum Gasteiger partial charge on any atom is -0.469 e. The fourth-order valence-electron chi connectivity index (χ4n) is 1.37. The molecule has 1 N–H and O–H groups in total. The number of hydrogen-bond donors (Lipinski definition) is 1. The van der Waals surface area contributed by atoms with Gasteiger partial charge in [-0.3, -0.25) is 4.79 Å². The topological polar surface area (TPSA) is 90.9 Å². The summed E-state index contributed by atoms with van der Waals surface area (Å²) in [6, 6.07) is 0. The van der Waals surface area contributed by atoms with Gasteiger partial charge in [-0.15, -0.1) is 0 Å². The van der Waals surface area contributed by atoms with Gasteiger partial charge >= 0.3 is 17.9 Å². The SMILES string of the molecule is COC(=O)/C=C(\NCCCCCC(=O)OC)C(=O)OC. The Hall–Kier alpha value is -2.05. The van der Waals surface area contributed by atoms with Crippen molar-refractivity contribution in [3.63, 3.8) is 0 Å². The highest BCUT2D eigenvalue weighted by atomic mass is 16.5. The Morgan fingerprint density at radius 3 is 2.20 bits per heavy atom. The third kappa shape index (κ3) is 8.12. The number of hydrogen-bond acceptors (Lipinski definition) is 7. The van der Waals surface area contributed by atoms with E-state index in [1.54, 1.807) is 0 Å². The molecule has 0 aromatic heterocycles. The van der Waals surface area contributed by atoms with Gasteiger partial charge in [-0.2, -0.15) is 0 Å². The van der Waals surface area contributed by atoms with E-state index in [-0.39, 0.29) is 11.7 Å². The van der Waals surface area contributed by atoms with E-state index in [1.165, 1.54) is 21.3 Å². The molecule has 0 heterocycles. The molecule has 114 valence electrons. The number of unbranched alkanes of at least 4 members (excludes halogenated alkanes) is 2. The first kappa shape index (κ1) is 17.9. The van der Waals surface area contributed by atoms with Crippen molar-refractivity contribution in [2.45, 2.75) is 25.7 Å². The van der Waals surface area contributed by atoms with Crippen LogP contribution in [0.5, 0.6) is 0 Å². The highest BCUT2D eigenvalue weighted by Crippen LogP contribution is 2.01. The molecular formula is C13H21NO6. The predicted octanol–water partition coefficient (Wildman–Crippen LogP) is 0.539. The molecule has 0 bridgehead atoms. The Bertz CT molecular complexity index is 364. The molecule has 0 saturated carbocycles. The molecule has 0 rings (SSSR count). The monoisotopic (exact) mass is 287 g/mol. The second kappa shape index (κ2) is 10.8. The van der Waals surface area contributed by atoms with Crippen LogP contribution in [0.25, 0.3) is 0 Å². The molecule has 0 aromatic rings. The molecule has 0 unspecified atom stereocenters. The van der Waals surface area contributed by atoms with Gasteiger partial charge in [-0.1, -0.05) is 6.42 Å². The Balaban J connectivity index is 4.04. The highest BCUT2D eigenvalue weighted by molar-refractivity contribution is 5.95. The fraction of sp³-hybridized carbons (Fsp3) is 0.615. The summed E-state index contributed by atoms with van der Waals surface area (Å²) >= 11 is 0. The number of esters is 3. The first-order chi connectivity index (χ1) is 9.54. The lowest BCUT2D eigenvalue weighted by molar-refractivity contribution is -0.140. The van der Waals surface area contributed by atoms with Gasteiger partial charge in [0.05, 0.1) is 27.4 Å². The molecule has 0 aliphatic carbocycles. The molecule has 0 amide bonds. The second-order valence-corrected chi connectivity index (χ2v) is 3.89. The van der Waals surface area contributed by atoms with E-state index in [9.17, 15) is 14.4 Å². The summed E-state index contributed by atoms with van der Waals surface area (Å²) < 4.78 is 13.5. The van der Waals surface area contributed by atoms with Crippen molar-refractivity contribution in [3.05, 3.63) is 11.8 Å². The molecule has 0 aliphatic heterocycles. The van der Waals surface area contributed by atoms with Crippen LogP contribution >= 0.6 is 0 Å². The van der Waals surface area contributed by atoms with E-state index >= 15 is 0 Å². The van der Waals surface area contributed by atoms with Gasteiger partial charge in [-0.05, 0) is 12.8 Å². The molecule has 0 atom stereocenters. The zero-order chi connectivity index (χ0) is 15.4. The maximum atomic E-state index is 11.4. The number of carbonyl (C=O) groups is 3. The molecule has 0 fully saturated rings. The van der Waals surface area contributed by atoms with Crippen LogP contribution in [-0.2, 0) is 28.6 Å². The largest absolute Gasteiger partial charge is 0.469 e. The number of carbonyl (C=O) groups excluding carboxylic acids is 3. The van der Waals surface area contributed by atoms with Crippen LogP contribution in [0.1, 0.15) is 25.7 Å². The minimum atomic E-state index is -0.636. The van der Waals surface area contributed by atoms with E-state index in [4.69, 9.17) is 0 Å². The van der Waals surface area contributed by atoms with Crippen molar-refractivity contribution in [1.82, 2.24) is 5.32 Å². The summed E-state index contributed by atoms with van der Waals surface area (Å²) in [6.45, 7) is 0.485. The van der Waals surface area contributed by atoms with Crippen molar-refractivity contribution in [3.8, 4) is 0 Å². The predicted molar refractivity (Wildman–Crippen MR) is 70.6 cm³/mol. The first-order valence-electron chi connectivity index (χ1n) is 6.23. The summed E-state index contributed by atoms with van der Waals surface area (Å²) in [5.41, 5.74) is 0.0484. The number of rotatable bonds is 9. The van der Waals surface area contributed by atoms with Gasteiger partial charge in [-0.25, -0.2) is 9.59 Å². The highest BCUT2D eigenvalue weighted by Gasteiger charge is 2.11. The van der Waals surface area contributed by atoms with Crippen LogP contribution in [0.4, 0.5) is 0 Å². The van der Waals surface area contributed by atoms with Gasteiger partial charge < -0.3 is 19.5 Å². The molecule has 0 radical (unpaired) electrons. The lowest BCUT2D eigenvalue weighted by atomic mass is 10.2. The van der Waals surface area contributed by atoms with Crippen molar-refractivity contribution in [2.24, 2.45) is 0 Å². The molecule has 7 nitrogen and oxygen atoms in total. The molecule has 0 aromatic carbocycles. The molecule has 7 heteroatoms. The first-order valence-corrected chi connectivity index (χ1v) is 6.23. The van der Waals surface area contributed by atoms with Crippen molar-refractivity contribution in [1.29, 1.82) is 0 Å². The molecular weight excluding hydrogens is 266 g/mol. The van der Waals surface area contributed by atoms with Crippen LogP contribution in [0.15, 0.2) is 11.8 Å². The van der Waals surface area contributed by atoms with Crippen LogP contribution in [0.2, 0.25) is 0 Å².